The lowest BCUT2D eigenvalue weighted by molar-refractivity contribution is -0.121. The molecule has 0 aromatic heterocycles. The molecule has 0 rings (SSSR count). The van der Waals surface area contributed by atoms with Gasteiger partial charge in [-0.05, 0) is 0 Å². The second kappa shape index (κ2) is 8.84. The highest BCUT2D eigenvalue weighted by molar-refractivity contribution is 7.79. The van der Waals surface area contributed by atoms with E-state index in [1.165, 1.54) is 0 Å². The van der Waals surface area contributed by atoms with Crippen LogP contribution in [0.4, 0.5) is 0 Å². The smallest absolute Gasteiger partial charge is 0.394 e. The van der Waals surface area contributed by atoms with E-state index in [2.05, 4.69) is 5.32 Å². The van der Waals surface area contributed by atoms with E-state index >= 15 is 0 Å². The molecule has 0 spiro atoms. The Balaban J connectivity index is 0. The summed E-state index contributed by atoms with van der Waals surface area (Å²) in [7, 11) is -4.67. The molecule has 0 aromatic carbocycles. The number of carbonyl (C=O) groups excluding carboxylic acids is 1. The molecule has 6 N–H and O–H groups in total. The number of amides is 1. The van der Waals surface area contributed by atoms with Crippen LogP contribution in [0, 0.1) is 0 Å². The zero-order valence-electron chi connectivity index (χ0n) is 7.38. The second-order valence-corrected chi connectivity index (χ2v) is 2.96. The lowest BCUT2D eigenvalue weighted by Gasteiger charge is -1.98. The first-order valence-corrected chi connectivity index (χ1v) is 4.98. The minimum Gasteiger partial charge on any atom is -0.395 e. The number of nitrogens with two attached hydrogens (primary N) is 1. The number of rotatable bonds is 4. The molecule has 0 heterocycles. The third kappa shape index (κ3) is 30.2. The molecule has 0 atom stereocenters. The van der Waals surface area contributed by atoms with Crippen LogP contribution in [0.3, 0.4) is 0 Å². The van der Waals surface area contributed by atoms with Gasteiger partial charge >= 0.3 is 10.4 Å². The van der Waals surface area contributed by atoms with Crippen molar-refractivity contribution in [1.82, 2.24) is 5.32 Å². The van der Waals surface area contributed by atoms with Crippen LogP contribution in [0.5, 0.6) is 0 Å². The number of aliphatic hydroxyl groups is 1. The summed E-state index contributed by atoms with van der Waals surface area (Å²) in [6.07, 6.45) is 0.333. The van der Waals surface area contributed by atoms with Crippen molar-refractivity contribution in [2.45, 2.75) is 6.42 Å². The van der Waals surface area contributed by atoms with Crippen molar-refractivity contribution in [3.63, 3.8) is 0 Å². The highest BCUT2D eigenvalue weighted by atomic mass is 32.3. The first kappa shape index (κ1) is 15.7. The molecule has 0 saturated carbocycles. The fourth-order valence-electron chi connectivity index (χ4n) is 0.415. The SMILES string of the molecule is NCCC(=O)NCCO.O=S(=O)(O)O. The van der Waals surface area contributed by atoms with E-state index < -0.39 is 10.4 Å². The van der Waals surface area contributed by atoms with Crippen LogP contribution < -0.4 is 11.1 Å². The summed E-state index contributed by atoms with van der Waals surface area (Å²) in [6, 6.07) is 0. The van der Waals surface area contributed by atoms with Gasteiger partial charge in [0.05, 0.1) is 6.61 Å². The van der Waals surface area contributed by atoms with Crippen molar-refractivity contribution >= 4 is 16.3 Å². The molecule has 14 heavy (non-hydrogen) atoms. The zero-order valence-corrected chi connectivity index (χ0v) is 8.20. The van der Waals surface area contributed by atoms with E-state index in [0.717, 1.165) is 0 Å². The maximum Gasteiger partial charge on any atom is 0.394 e. The minimum atomic E-state index is -4.67. The summed E-state index contributed by atoms with van der Waals surface area (Å²) in [5.74, 6) is -0.105. The Hall–Kier alpha value is -0.740. The van der Waals surface area contributed by atoms with Gasteiger partial charge in [-0.25, -0.2) is 0 Å². The molecule has 0 radical (unpaired) electrons. The highest BCUT2D eigenvalue weighted by Crippen LogP contribution is 1.71. The number of carbonyl (C=O) groups is 1. The average molecular weight is 230 g/mol. The molecule has 0 fully saturated rings. The topological polar surface area (TPSA) is 150 Å². The van der Waals surface area contributed by atoms with Crippen molar-refractivity contribution in [1.29, 1.82) is 0 Å². The number of aliphatic hydroxyl groups excluding tert-OH is 1. The van der Waals surface area contributed by atoms with Gasteiger partial charge in [-0.3, -0.25) is 13.9 Å². The summed E-state index contributed by atoms with van der Waals surface area (Å²) in [4.78, 5) is 10.5. The van der Waals surface area contributed by atoms with Gasteiger partial charge in [-0.1, -0.05) is 0 Å². The summed E-state index contributed by atoms with van der Waals surface area (Å²) in [6.45, 7) is 0.659. The Labute approximate surface area is 81.7 Å². The monoisotopic (exact) mass is 230 g/mol. The van der Waals surface area contributed by atoms with Gasteiger partial charge in [0, 0.05) is 19.5 Å². The predicted molar refractivity (Wildman–Crippen MR) is 47.9 cm³/mol. The Bertz CT molecular complexity index is 231. The maximum absolute atomic E-state index is 10.5. The molecule has 0 bridgehead atoms. The van der Waals surface area contributed by atoms with E-state index in [0.29, 0.717) is 19.5 Å². The average Bonchev–Trinajstić information content (AvgIpc) is 1.98. The number of hydrogen-bond acceptors (Lipinski definition) is 5. The lowest BCUT2D eigenvalue weighted by Crippen LogP contribution is -2.27. The van der Waals surface area contributed by atoms with Crippen LogP contribution in [-0.4, -0.2) is 48.2 Å². The third-order valence-electron chi connectivity index (χ3n) is 0.805. The quantitative estimate of drug-likeness (QED) is 0.343. The van der Waals surface area contributed by atoms with E-state index in [9.17, 15) is 4.79 Å². The molecule has 0 aliphatic heterocycles. The Kier molecular flexibility index (Phi) is 9.93. The number of hydrogen-bond donors (Lipinski definition) is 5. The van der Waals surface area contributed by atoms with Crippen LogP contribution in [0.15, 0.2) is 0 Å². The van der Waals surface area contributed by atoms with Crippen molar-refractivity contribution in [3.8, 4) is 0 Å². The van der Waals surface area contributed by atoms with E-state index in [-0.39, 0.29) is 12.5 Å². The second-order valence-electron chi connectivity index (χ2n) is 2.06. The summed E-state index contributed by atoms with van der Waals surface area (Å²) >= 11 is 0. The summed E-state index contributed by atoms with van der Waals surface area (Å²) in [5.41, 5.74) is 5.08. The highest BCUT2D eigenvalue weighted by Gasteiger charge is 1.94. The molecule has 0 aliphatic carbocycles. The predicted octanol–water partition coefficient (Wildman–Crippen LogP) is -2.21. The van der Waals surface area contributed by atoms with Gasteiger partial charge in [0.25, 0.3) is 0 Å². The molecule has 86 valence electrons. The van der Waals surface area contributed by atoms with Gasteiger partial charge in [-0.15, -0.1) is 0 Å². The first-order chi connectivity index (χ1) is 6.31. The van der Waals surface area contributed by atoms with Crippen LogP contribution in [0.2, 0.25) is 0 Å². The largest absolute Gasteiger partial charge is 0.395 e. The summed E-state index contributed by atoms with van der Waals surface area (Å²) < 4.78 is 31.6. The lowest BCUT2D eigenvalue weighted by atomic mass is 10.4. The van der Waals surface area contributed by atoms with E-state index in [4.69, 9.17) is 28.4 Å². The zero-order chi connectivity index (χ0) is 11.6. The van der Waals surface area contributed by atoms with Crippen LogP contribution in [0.25, 0.3) is 0 Å². The van der Waals surface area contributed by atoms with E-state index in [1.807, 2.05) is 0 Å². The molecule has 0 aromatic rings. The molecule has 0 aliphatic rings. The van der Waals surface area contributed by atoms with Crippen LogP contribution in [-0.2, 0) is 15.2 Å². The summed E-state index contributed by atoms with van der Waals surface area (Å²) in [5, 5.41) is 10.7. The maximum atomic E-state index is 10.5. The first-order valence-electron chi connectivity index (χ1n) is 3.58. The van der Waals surface area contributed by atoms with Gasteiger partial charge < -0.3 is 16.2 Å². The molecular formula is C5H14N2O6S. The van der Waals surface area contributed by atoms with Gasteiger partial charge in [0.2, 0.25) is 5.91 Å². The molecule has 0 saturated heterocycles. The third-order valence-corrected chi connectivity index (χ3v) is 0.805. The van der Waals surface area contributed by atoms with Gasteiger partial charge in [-0.2, -0.15) is 8.42 Å². The van der Waals surface area contributed by atoms with E-state index in [1.54, 1.807) is 0 Å². The Morgan fingerprint density at radius 2 is 1.79 bits per heavy atom. The fourth-order valence-corrected chi connectivity index (χ4v) is 0.415. The molecule has 0 unspecified atom stereocenters. The Morgan fingerprint density at radius 1 is 1.36 bits per heavy atom. The Morgan fingerprint density at radius 3 is 2.07 bits per heavy atom. The van der Waals surface area contributed by atoms with Gasteiger partial charge in [0.1, 0.15) is 0 Å². The molecular weight excluding hydrogens is 216 g/mol. The minimum absolute atomic E-state index is 0.0175. The fraction of sp³-hybridized carbons (Fsp3) is 0.800. The van der Waals surface area contributed by atoms with Crippen molar-refractivity contribution in [2.24, 2.45) is 5.73 Å². The van der Waals surface area contributed by atoms with Crippen LogP contribution in [0.1, 0.15) is 6.42 Å². The number of nitrogens with one attached hydrogen (secondary N) is 1. The van der Waals surface area contributed by atoms with Crippen LogP contribution >= 0.6 is 0 Å². The van der Waals surface area contributed by atoms with Crippen molar-refractivity contribution < 1.29 is 27.4 Å². The molecule has 8 nitrogen and oxygen atoms in total. The standard InChI is InChI=1S/C5H12N2O2.H2O4S/c6-2-1-5(9)7-3-4-8;1-5(2,3)4/h8H,1-4,6H2,(H,7,9);(H2,1,2,3,4). The normalized spacial score (nSPS) is 10.0. The van der Waals surface area contributed by atoms with Gasteiger partial charge in [0.15, 0.2) is 0 Å². The molecule has 9 heteroatoms. The van der Waals surface area contributed by atoms with Crippen molar-refractivity contribution in [2.75, 3.05) is 19.7 Å². The molecule has 1 amide bonds. The van der Waals surface area contributed by atoms with Crippen molar-refractivity contribution in [3.05, 3.63) is 0 Å².